The number of nitrogens with zero attached hydrogens (tertiary/aromatic N) is 1. The van der Waals surface area contributed by atoms with Gasteiger partial charge in [0.1, 0.15) is 10.7 Å². The lowest BCUT2D eigenvalue weighted by atomic mass is 10.1. The first-order valence-electron chi connectivity index (χ1n) is 7.78. The number of thiophene rings is 1. The van der Waals surface area contributed by atoms with Gasteiger partial charge in [-0.1, -0.05) is 23.7 Å². The van der Waals surface area contributed by atoms with Gasteiger partial charge >= 0.3 is 5.97 Å². The van der Waals surface area contributed by atoms with Crippen LogP contribution in [0.3, 0.4) is 0 Å². The van der Waals surface area contributed by atoms with Crippen LogP contribution in [0.25, 0.3) is 10.1 Å². The molecule has 0 aliphatic heterocycles. The highest BCUT2D eigenvalue weighted by Crippen LogP contribution is 2.36. The van der Waals surface area contributed by atoms with Crippen LogP contribution in [-0.4, -0.2) is 18.5 Å². The van der Waals surface area contributed by atoms with Crippen LogP contribution in [-0.2, 0) is 16.0 Å². The van der Waals surface area contributed by atoms with Crippen LogP contribution in [0, 0.1) is 17.1 Å². The van der Waals surface area contributed by atoms with E-state index >= 15 is 0 Å². The number of fused-ring (bicyclic) bond motifs is 1. The molecule has 0 unspecified atom stereocenters. The lowest BCUT2D eigenvalue weighted by molar-refractivity contribution is -0.119. The maximum atomic E-state index is 13.3. The van der Waals surface area contributed by atoms with Gasteiger partial charge < -0.3 is 10.1 Å². The molecule has 3 aromatic rings. The van der Waals surface area contributed by atoms with Crippen molar-refractivity contribution in [1.29, 1.82) is 5.26 Å². The molecule has 0 saturated heterocycles. The normalized spacial score (nSPS) is 10.4. The monoisotopic (exact) mass is 402 g/mol. The molecule has 1 N–H and O–H groups in total. The van der Waals surface area contributed by atoms with Crippen molar-refractivity contribution in [2.45, 2.75) is 6.42 Å². The number of carbonyl (C=O) groups excluding carboxylic acids is 2. The van der Waals surface area contributed by atoms with Gasteiger partial charge in [-0.25, -0.2) is 9.18 Å². The Hall–Kier alpha value is -2.95. The van der Waals surface area contributed by atoms with Crippen LogP contribution in [0.1, 0.15) is 15.2 Å². The molecule has 1 heterocycles. The molecule has 136 valence electrons. The van der Waals surface area contributed by atoms with E-state index in [0.29, 0.717) is 15.8 Å². The van der Waals surface area contributed by atoms with E-state index in [1.54, 1.807) is 24.3 Å². The molecule has 0 atom stereocenters. The highest BCUT2D eigenvalue weighted by molar-refractivity contribution is 7.21. The lowest BCUT2D eigenvalue weighted by Crippen LogP contribution is -2.20. The first-order chi connectivity index (χ1) is 13.0. The number of nitrogens with one attached hydrogen (secondary N) is 1. The Morgan fingerprint density at radius 3 is 2.67 bits per heavy atom. The second-order valence-corrected chi connectivity index (χ2v) is 6.97. The Bertz CT molecular complexity index is 1060. The number of esters is 1. The molecule has 1 aromatic heterocycles. The molecule has 2 aromatic carbocycles. The number of ether oxygens (including phenoxy) is 1. The zero-order valence-electron chi connectivity index (χ0n) is 13.8. The van der Waals surface area contributed by atoms with Gasteiger partial charge in [0.15, 0.2) is 6.61 Å². The van der Waals surface area contributed by atoms with Crippen LogP contribution in [0.5, 0.6) is 0 Å². The Balaban J connectivity index is 1.61. The number of halogens is 2. The first-order valence-corrected chi connectivity index (χ1v) is 8.98. The summed E-state index contributed by atoms with van der Waals surface area (Å²) in [6.45, 7) is -0.488. The standard InChI is InChI=1S/C19H12ClFN2O3S/c20-17-14-6-3-12(21)9-15(14)27-18(17)19(25)26-10-16(24)23-13-4-1-11(2-5-13)7-8-22/h1-6,9H,7,10H2,(H,23,24). The van der Waals surface area contributed by atoms with Crippen molar-refractivity contribution in [3.63, 3.8) is 0 Å². The van der Waals surface area contributed by atoms with E-state index in [1.807, 2.05) is 6.07 Å². The minimum Gasteiger partial charge on any atom is -0.451 e. The van der Waals surface area contributed by atoms with E-state index in [4.69, 9.17) is 21.6 Å². The van der Waals surface area contributed by atoms with Gasteiger partial charge in [-0.15, -0.1) is 11.3 Å². The average Bonchev–Trinajstić information content (AvgIpc) is 2.97. The Labute approximate surface area is 162 Å². The number of rotatable bonds is 5. The van der Waals surface area contributed by atoms with Crippen LogP contribution in [0.2, 0.25) is 5.02 Å². The molecule has 0 aliphatic rings. The predicted octanol–water partition coefficient (Wildman–Crippen LogP) is 4.56. The van der Waals surface area contributed by atoms with Crippen molar-refractivity contribution in [2.75, 3.05) is 11.9 Å². The molecule has 27 heavy (non-hydrogen) atoms. The largest absolute Gasteiger partial charge is 0.451 e. The molecular weight excluding hydrogens is 391 g/mol. The van der Waals surface area contributed by atoms with Crippen LogP contribution >= 0.6 is 22.9 Å². The third-order valence-corrected chi connectivity index (χ3v) is 5.27. The van der Waals surface area contributed by atoms with Gasteiger partial charge in [-0.05, 0) is 35.9 Å². The molecule has 0 saturated carbocycles. The van der Waals surface area contributed by atoms with Crippen molar-refractivity contribution in [2.24, 2.45) is 0 Å². The van der Waals surface area contributed by atoms with Crippen LogP contribution in [0.4, 0.5) is 10.1 Å². The van der Waals surface area contributed by atoms with E-state index in [2.05, 4.69) is 5.32 Å². The fourth-order valence-electron chi connectivity index (χ4n) is 2.36. The summed E-state index contributed by atoms with van der Waals surface area (Å²) in [5, 5.41) is 12.0. The number of anilines is 1. The summed E-state index contributed by atoms with van der Waals surface area (Å²) in [6, 6.07) is 12.8. The van der Waals surface area contributed by atoms with Crippen molar-refractivity contribution in [1.82, 2.24) is 0 Å². The number of nitriles is 1. The highest BCUT2D eigenvalue weighted by atomic mass is 35.5. The Kier molecular flexibility index (Phi) is 5.69. The molecular formula is C19H12ClFN2O3S. The van der Waals surface area contributed by atoms with Crippen molar-refractivity contribution < 1.29 is 18.7 Å². The molecule has 3 rings (SSSR count). The minimum absolute atomic E-state index is 0.117. The Morgan fingerprint density at radius 2 is 1.96 bits per heavy atom. The number of hydrogen-bond acceptors (Lipinski definition) is 5. The summed E-state index contributed by atoms with van der Waals surface area (Å²) in [5.74, 6) is -1.69. The van der Waals surface area contributed by atoms with Crippen molar-refractivity contribution >= 4 is 50.6 Å². The SMILES string of the molecule is N#CCc1ccc(NC(=O)COC(=O)c2sc3cc(F)ccc3c2Cl)cc1. The number of hydrogen-bond donors (Lipinski definition) is 1. The van der Waals surface area contributed by atoms with E-state index in [0.717, 1.165) is 16.9 Å². The van der Waals surface area contributed by atoms with Gasteiger partial charge in [0.25, 0.3) is 5.91 Å². The molecule has 5 nitrogen and oxygen atoms in total. The molecule has 0 fully saturated rings. The van der Waals surface area contributed by atoms with Gasteiger partial charge in [-0.2, -0.15) is 5.26 Å². The van der Waals surface area contributed by atoms with Gasteiger partial charge in [0.2, 0.25) is 0 Å². The van der Waals surface area contributed by atoms with Gasteiger partial charge in [0.05, 0.1) is 17.5 Å². The van der Waals surface area contributed by atoms with E-state index in [1.165, 1.54) is 18.2 Å². The fourth-order valence-corrected chi connectivity index (χ4v) is 3.79. The maximum absolute atomic E-state index is 13.3. The van der Waals surface area contributed by atoms with E-state index in [9.17, 15) is 14.0 Å². The molecule has 0 aliphatic carbocycles. The zero-order valence-corrected chi connectivity index (χ0v) is 15.4. The summed E-state index contributed by atoms with van der Waals surface area (Å²) in [5.41, 5.74) is 1.35. The highest BCUT2D eigenvalue weighted by Gasteiger charge is 2.19. The predicted molar refractivity (Wildman–Crippen MR) is 101 cm³/mol. The smallest absolute Gasteiger partial charge is 0.350 e. The maximum Gasteiger partial charge on any atom is 0.350 e. The lowest BCUT2D eigenvalue weighted by Gasteiger charge is -2.06. The number of amides is 1. The molecule has 0 radical (unpaired) electrons. The van der Waals surface area contributed by atoms with Crippen molar-refractivity contribution in [3.8, 4) is 6.07 Å². The van der Waals surface area contributed by atoms with Crippen LogP contribution in [0.15, 0.2) is 42.5 Å². The minimum atomic E-state index is -0.749. The van der Waals surface area contributed by atoms with E-state index < -0.39 is 24.3 Å². The third-order valence-electron chi connectivity index (χ3n) is 3.63. The summed E-state index contributed by atoms with van der Waals surface area (Å²) in [7, 11) is 0. The van der Waals surface area contributed by atoms with Gasteiger partial charge in [-0.3, -0.25) is 4.79 Å². The first kappa shape index (κ1) is 18.8. The zero-order chi connectivity index (χ0) is 19.4. The Morgan fingerprint density at radius 1 is 1.22 bits per heavy atom. The summed E-state index contributed by atoms with van der Waals surface area (Å²) < 4.78 is 18.8. The molecule has 1 amide bonds. The topological polar surface area (TPSA) is 79.2 Å². The number of benzene rings is 2. The quantitative estimate of drug-likeness (QED) is 0.635. The molecule has 0 bridgehead atoms. The number of carbonyl (C=O) groups is 2. The summed E-state index contributed by atoms with van der Waals surface area (Å²) in [6.07, 6.45) is 0.283. The third kappa shape index (κ3) is 4.42. The van der Waals surface area contributed by atoms with Crippen molar-refractivity contribution in [3.05, 3.63) is 63.7 Å². The average molecular weight is 403 g/mol. The summed E-state index contributed by atoms with van der Waals surface area (Å²) >= 11 is 7.16. The van der Waals surface area contributed by atoms with E-state index in [-0.39, 0.29) is 16.3 Å². The fraction of sp³-hybridized carbons (Fsp3) is 0.105. The second kappa shape index (κ2) is 8.16. The molecule has 0 spiro atoms. The van der Waals surface area contributed by atoms with Gasteiger partial charge in [0, 0.05) is 15.8 Å². The molecule has 8 heteroatoms. The summed E-state index contributed by atoms with van der Waals surface area (Å²) in [4.78, 5) is 24.3. The second-order valence-electron chi connectivity index (χ2n) is 5.54. The van der Waals surface area contributed by atoms with Crippen LogP contribution < -0.4 is 5.32 Å².